The number of ether oxygens (including phenoxy) is 2. The number of para-hydroxylation sites is 1. The number of benzene rings is 1. The molecule has 0 fully saturated rings. The summed E-state index contributed by atoms with van der Waals surface area (Å²) in [6, 6.07) is 7.24. The van der Waals surface area contributed by atoms with E-state index in [2.05, 4.69) is 16.3 Å². The van der Waals surface area contributed by atoms with Gasteiger partial charge in [-0.25, -0.2) is 0 Å². The van der Waals surface area contributed by atoms with Crippen LogP contribution in [0.3, 0.4) is 0 Å². The van der Waals surface area contributed by atoms with E-state index in [0.717, 1.165) is 5.69 Å². The summed E-state index contributed by atoms with van der Waals surface area (Å²) in [5.74, 6) is 0.0641. The van der Waals surface area contributed by atoms with Crippen LogP contribution in [0.2, 0.25) is 0 Å². The molecule has 7 heteroatoms. The molecule has 23 heavy (non-hydrogen) atoms. The van der Waals surface area contributed by atoms with Gasteiger partial charge in [0.25, 0.3) is 0 Å². The molecule has 0 aliphatic carbocycles. The Balaban J connectivity index is 2.23. The van der Waals surface area contributed by atoms with Crippen LogP contribution in [-0.4, -0.2) is 21.9 Å². The highest BCUT2D eigenvalue weighted by molar-refractivity contribution is 5.60. The van der Waals surface area contributed by atoms with Crippen LogP contribution in [0.4, 0.5) is 0 Å². The number of fused-ring (bicyclic) bond motifs is 1. The van der Waals surface area contributed by atoms with Gasteiger partial charge >= 0.3 is 0 Å². The van der Waals surface area contributed by atoms with E-state index >= 15 is 0 Å². The maximum Gasteiger partial charge on any atom is 0.244 e. The second-order valence-corrected chi connectivity index (χ2v) is 5.12. The Morgan fingerprint density at radius 3 is 3.00 bits per heavy atom. The fraction of sp³-hybridized carbons (Fsp3) is 0.250. The van der Waals surface area contributed by atoms with E-state index in [1.165, 1.54) is 0 Å². The third-order valence-electron chi connectivity index (χ3n) is 3.77. The van der Waals surface area contributed by atoms with Crippen molar-refractivity contribution >= 4 is 0 Å². The van der Waals surface area contributed by atoms with Crippen molar-refractivity contribution in [3.63, 3.8) is 0 Å². The normalized spacial score (nSPS) is 16.5. The Morgan fingerprint density at radius 2 is 2.30 bits per heavy atom. The number of aromatic nitrogens is 2. The SMILES string of the molecule is CCOc1cccc([C@H]2C(C#N)=C(N)Oc3n[nH]c(C)c32)c1O. The molecule has 0 unspecified atom stereocenters. The highest BCUT2D eigenvalue weighted by Gasteiger charge is 2.36. The van der Waals surface area contributed by atoms with Gasteiger partial charge in [0.2, 0.25) is 11.8 Å². The Bertz CT molecular complexity index is 832. The number of allylic oxidation sites excluding steroid dienone is 1. The number of nitrogens with zero attached hydrogens (tertiary/aromatic N) is 2. The monoisotopic (exact) mass is 312 g/mol. The maximum absolute atomic E-state index is 10.6. The van der Waals surface area contributed by atoms with E-state index in [-0.39, 0.29) is 17.2 Å². The molecule has 1 atom stereocenters. The molecular weight excluding hydrogens is 296 g/mol. The predicted octanol–water partition coefficient (Wildman–Crippen LogP) is 2.04. The number of aromatic hydroxyl groups is 1. The number of hydrogen-bond acceptors (Lipinski definition) is 6. The molecule has 7 nitrogen and oxygen atoms in total. The molecule has 1 aromatic heterocycles. The number of nitrogens with one attached hydrogen (secondary N) is 1. The van der Waals surface area contributed by atoms with Gasteiger partial charge in [0.1, 0.15) is 11.6 Å². The minimum atomic E-state index is -0.567. The van der Waals surface area contributed by atoms with Crippen molar-refractivity contribution in [2.24, 2.45) is 5.73 Å². The van der Waals surface area contributed by atoms with E-state index in [4.69, 9.17) is 15.2 Å². The maximum atomic E-state index is 10.6. The highest BCUT2D eigenvalue weighted by Crippen LogP contribution is 2.47. The van der Waals surface area contributed by atoms with Crippen molar-refractivity contribution in [1.82, 2.24) is 10.2 Å². The van der Waals surface area contributed by atoms with Crippen LogP contribution in [0.15, 0.2) is 29.7 Å². The predicted molar refractivity (Wildman–Crippen MR) is 81.9 cm³/mol. The zero-order chi connectivity index (χ0) is 16.6. The Kier molecular flexibility index (Phi) is 3.58. The van der Waals surface area contributed by atoms with E-state index in [1.54, 1.807) is 18.2 Å². The average Bonchev–Trinajstić information content (AvgIpc) is 2.89. The zero-order valence-corrected chi connectivity index (χ0v) is 12.8. The fourth-order valence-electron chi connectivity index (χ4n) is 2.75. The van der Waals surface area contributed by atoms with Gasteiger partial charge < -0.3 is 20.3 Å². The minimum Gasteiger partial charge on any atom is -0.504 e. The van der Waals surface area contributed by atoms with Gasteiger partial charge in [0.05, 0.1) is 12.5 Å². The molecular formula is C16H16N4O3. The van der Waals surface area contributed by atoms with Gasteiger partial charge in [-0.2, -0.15) is 5.26 Å². The number of hydrogen-bond donors (Lipinski definition) is 3. The van der Waals surface area contributed by atoms with Crippen molar-refractivity contribution in [1.29, 1.82) is 5.26 Å². The summed E-state index contributed by atoms with van der Waals surface area (Å²) < 4.78 is 10.8. The van der Waals surface area contributed by atoms with Crippen molar-refractivity contribution in [3.8, 4) is 23.4 Å². The lowest BCUT2D eigenvalue weighted by Crippen LogP contribution is -2.21. The van der Waals surface area contributed by atoms with E-state index in [9.17, 15) is 10.4 Å². The number of aromatic amines is 1. The van der Waals surface area contributed by atoms with Crippen LogP contribution in [-0.2, 0) is 0 Å². The van der Waals surface area contributed by atoms with Crippen molar-refractivity contribution in [2.45, 2.75) is 19.8 Å². The van der Waals surface area contributed by atoms with Crippen LogP contribution < -0.4 is 15.2 Å². The number of nitriles is 1. The number of aryl methyl sites for hydroxylation is 1. The first kappa shape index (κ1) is 14.8. The minimum absolute atomic E-state index is 0.0160. The number of phenols is 1. The second-order valence-electron chi connectivity index (χ2n) is 5.12. The zero-order valence-electron chi connectivity index (χ0n) is 12.8. The first-order valence-corrected chi connectivity index (χ1v) is 7.15. The van der Waals surface area contributed by atoms with Crippen molar-refractivity contribution in [2.75, 3.05) is 6.61 Å². The summed E-state index contributed by atoms with van der Waals surface area (Å²) in [6.45, 7) is 4.07. The topological polar surface area (TPSA) is 117 Å². The molecule has 0 saturated heterocycles. The lowest BCUT2D eigenvalue weighted by molar-refractivity contribution is 0.316. The van der Waals surface area contributed by atoms with E-state index in [1.807, 2.05) is 13.8 Å². The quantitative estimate of drug-likeness (QED) is 0.798. The van der Waals surface area contributed by atoms with E-state index < -0.39 is 5.92 Å². The van der Waals surface area contributed by atoms with Gasteiger partial charge in [-0.1, -0.05) is 12.1 Å². The molecule has 0 radical (unpaired) electrons. The van der Waals surface area contributed by atoms with Crippen molar-refractivity contribution in [3.05, 3.63) is 46.5 Å². The molecule has 118 valence electrons. The molecule has 0 amide bonds. The fourth-order valence-corrected chi connectivity index (χ4v) is 2.75. The standard InChI is InChI=1S/C16H16N4O3/c1-3-22-11-6-4-5-9(14(11)21)13-10(7-17)15(18)23-16-12(13)8(2)19-20-16/h4-6,13,21H,3,18H2,1-2H3,(H,19,20)/t13-/m0/s1. The van der Waals surface area contributed by atoms with Crippen LogP contribution in [0.1, 0.15) is 29.7 Å². The number of H-pyrrole nitrogens is 1. The lowest BCUT2D eigenvalue weighted by Gasteiger charge is -2.24. The Hall–Kier alpha value is -3.14. The number of phenolic OH excluding ortho intramolecular Hbond substituents is 1. The highest BCUT2D eigenvalue weighted by atomic mass is 16.5. The summed E-state index contributed by atoms with van der Waals surface area (Å²) in [6.07, 6.45) is 0. The summed E-state index contributed by atoms with van der Waals surface area (Å²) >= 11 is 0. The van der Waals surface area contributed by atoms with Gasteiger partial charge in [-0.3, -0.25) is 5.10 Å². The summed E-state index contributed by atoms with van der Waals surface area (Å²) in [5, 5.41) is 26.9. The van der Waals surface area contributed by atoms with E-state index in [0.29, 0.717) is 29.4 Å². The Labute approximate surface area is 132 Å². The summed E-state index contributed by atoms with van der Waals surface area (Å²) in [5.41, 5.74) is 8.02. The summed E-state index contributed by atoms with van der Waals surface area (Å²) in [4.78, 5) is 0. The molecule has 0 bridgehead atoms. The molecule has 2 aromatic rings. The summed E-state index contributed by atoms with van der Waals surface area (Å²) in [7, 11) is 0. The molecule has 4 N–H and O–H groups in total. The van der Waals surface area contributed by atoms with Gasteiger partial charge in [-0.15, -0.1) is 5.10 Å². The average molecular weight is 312 g/mol. The van der Waals surface area contributed by atoms with Crippen LogP contribution >= 0.6 is 0 Å². The van der Waals surface area contributed by atoms with Crippen molar-refractivity contribution < 1.29 is 14.6 Å². The smallest absolute Gasteiger partial charge is 0.244 e. The van der Waals surface area contributed by atoms with Gasteiger partial charge in [0.15, 0.2) is 11.5 Å². The third-order valence-corrected chi connectivity index (χ3v) is 3.77. The number of rotatable bonds is 3. The molecule has 1 aliphatic rings. The first-order valence-electron chi connectivity index (χ1n) is 7.15. The van der Waals surface area contributed by atoms with Gasteiger partial charge in [0, 0.05) is 16.8 Å². The van der Waals surface area contributed by atoms with Crippen LogP contribution in [0, 0.1) is 18.3 Å². The van der Waals surface area contributed by atoms with Crippen LogP contribution in [0.5, 0.6) is 17.4 Å². The second kappa shape index (κ2) is 5.57. The molecule has 2 heterocycles. The van der Waals surface area contributed by atoms with Gasteiger partial charge in [-0.05, 0) is 19.9 Å². The van der Waals surface area contributed by atoms with Crippen LogP contribution in [0.25, 0.3) is 0 Å². The first-order chi connectivity index (χ1) is 11.1. The Morgan fingerprint density at radius 1 is 1.52 bits per heavy atom. The molecule has 3 rings (SSSR count). The lowest BCUT2D eigenvalue weighted by atomic mass is 9.83. The third kappa shape index (κ3) is 2.25. The molecule has 1 aromatic carbocycles. The molecule has 0 saturated carbocycles. The number of nitrogens with two attached hydrogens (primary N) is 1. The molecule has 0 spiro atoms. The largest absolute Gasteiger partial charge is 0.504 e. The molecule has 1 aliphatic heterocycles.